The van der Waals surface area contributed by atoms with Crippen molar-refractivity contribution in [1.82, 2.24) is 4.90 Å². The Hall–Kier alpha value is -1.75. The molecular formula is C14H19NO4. The van der Waals surface area contributed by atoms with Crippen LogP contribution in [0.15, 0.2) is 18.2 Å². The number of aromatic carboxylic acids is 1. The van der Waals surface area contributed by atoms with Gasteiger partial charge in [0, 0.05) is 13.1 Å². The molecule has 19 heavy (non-hydrogen) atoms. The Bertz CT molecular complexity index is 453. The quantitative estimate of drug-likeness (QED) is 0.900. The van der Waals surface area contributed by atoms with Gasteiger partial charge < -0.3 is 19.5 Å². The fourth-order valence-corrected chi connectivity index (χ4v) is 2.18. The van der Waals surface area contributed by atoms with Gasteiger partial charge in [-0.25, -0.2) is 4.79 Å². The maximum absolute atomic E-state index is 10.9. The molecule has 1 saturated heterocycles. The smallest absolute Gasteiger partial charge is 0.335 e. The summed E-state index contributed by atoms with van der Waals surface area (Å²) in [5, 5.41) is 8.94. The van der Waals surface area contributed by atoms with Gasteiger partial charge in [0.25, 0.3) is 0 Å². The number of benzene rings is 1. The average Bonchev–Trinajstić information content (AvgIpc) is 2.41. The third kappa shape index (κ3) is 3.38. The Balaban J connectivity index is 2.09. The standard InChI is InChI=1S/C14H19NO4/c1-15-7-5-11(6-8-15)19-12-4-3-10(14(16)17)9-13(12)18-2/h3-4,9,11H,5-8H2,1-2H3,(H,16,17). The van der Waals surface area contributed by atoms with Gasteiger partial charge in [-0.15, -0.1) is 0 Å². The molecule has 0 amide bonds. The van der Waals surface area contributed by atoms with Crippen molar-refractivity contribution in [3.05, 3.63) is 23.8 Å². The van der Waals surface area contributed by atoms with Crippen LogP contribution in [0, 0.1) is 0 Å². The molecule has 0 atom stereocenters. The molecule has 1 aromatic carbocycles. The molecule has 2 rings (SSSR count). The van der Waals surface area contributed by atoms with Crippen LogP contribution < -0.4 is 9.47 Å². The van der Waals surface area contributed by atoms with E-state index >= 15 is 0 Å². The van der Waals surface area contributed by atoms with Crippen LogP contribution in [-0.2, 0) is 0 Å². The minimum atomic E-state index is -0.968. The van der Waals surface area contributed by atoms with Crippen LogP contribution in [-0.4, -0.2) is 49.3 Å². The number of hydrogen-bond donors (Lipinski definition) is 1. The van der Waals surface area contributed by atoms with E-state index in [1.165, 1.54) is 19.2 Å². The second-order valence-electron chi connectivity index (χ2n) is 4.79. The molecule has 0 saturated carbocycles. The highest BCUT2D eigenvalue weighted by molar-refractivity contribution is 5.88. The van der Waals surface area contributed by atoms with Crippen LogP contribution in [0.5, 0.6) is 11.5 Å². The first-order chi connectivity index (χ1) is 9.10. The predicted molar refractivity (Wildman–Crippen MR) is 71.1 cm³/mol. The van der Waals surface area contributed by atoms with Gasteiger partial charge in [0.1, 0.15) is 6.10 Å². The summed E-state index contributed by atoms with van der Waals surface area (Å²) in [6.45, 7) is 2.03. The first-order valence-corrected chi connectivity index (χ1v) is 6.36. The van der Waals surface area contributed by atoms with Crippen molar-refractivity contribution >= 4 is 5.97 Å². The number of rotatable bonds is 4. The Labute approximate surface area is 112 Å². The Morgan fingerprint density at radius 1 is 1.32 bits per heavy atom. The average molecular weight is 265 g/mol. The highest BCUT2D eigenvalue weighted by atomic mass is 16.5. The van der Waals surface area contributed by atoms with Gasteiger partial charge in [0.05, 0.1) is 12.7 Å². The van der Waals surface area contributed by atoms with Crippen molar-refractivity contribution < 1.29 is 19.4 Å². The molecule has 0 radical (unpaired) electrons. The zero-order valence-corrected chi connectivity index (χ0v) is 11.3. The fraction of sp³-hybridized carbons (Fsp3) is 0.500. The zero-order valence-electron chi connectivity index (χ0n) is 11.3. The number of hydrogen-bond acceptors (Lipinski definition) is 4. The van der Waals surface area contributed by atoms with Crippen molar-refractivity contribution in [1.29, 1.82) is 0 Å². The number of nitrogens with zero attached hydrogens (tertiary/aromatic N) is 1. The summed E-state index contributed by atoms with van der Waals surface area (Å²) in [7, 11) is 3.61. The Kier molecular flexibility index (Phi) is 4.27. The fourth-order valence-electron chi connectivity index (χ4n) is 2.18. The molecule has 104 valence electrons. The number of likely N-dealkylation sites (tertiary alicyclic amines) is 1. The van der Waals surface area contributed by atoms with Crippen molar-refractivity contribution in [3.8, 4) is 11.5 Å². The third-order valence-electron chi connectivity index (χ3n) is 3.37. The second-order valence-corrected chi connectivity index (χ2v) is 4.79. The van der Waals surface area contributed by atoms with E-state index in [2.05, 4.69) is 11.9 Å². The molecule has 0 bridgehead atoms. The van der Waals surface area contributed by atoms with Crippen molar-refractivity contribution in [2.45, 2.75) is 18.9 Å². The van der Waals surface area contributed by atoms with Gasteiger partial charge in [-0.1, -0.05) is 0 Å². The summed E-state index contributed by atoms with van der Waals surface area (Å²) < 4.78 is 11.1. The number of methoxy groups -OCH3 is 1. The topological polar surface area (TPSA) is 59.0 Å². The first-order valence-electron chi connectivity index (χ1n) is 6.36. The van der Waals surface area contributed by atoms with Gasteiger partial charge in [0.15, 0.2) is 11.5 Å². The van der Waals surface area contributed by atoms with Crippen LogP contribution in [0.2, 0.25) is 0 Å². The molecule has 0 spiro atoms. The summed E-state index contributed by atoms with van der Waals surface area (Å²) in [4.78, 5) is 13.2. The SMILES string of the molecule is COc1cc(C(=O)O)ccc1OC1CCN(C)CC1. The second kappa shape index (κ2) is 5.93. The zero-order chi connectivity index (χ0) is 13.8. The molecule has 1 heterocycles. The molecule has 5 heteroatoms. The number of piperidine rings is 1. The van der Waals surface area contributed by atoms with Gasteiger partial charge in [-0.05, 0) is 38.1 Å². The third-order valence-corrected chi connectivity index (χ3v) is 3.37. The largest absolute Gasteiger partial charge is 0.493 e. The number of carbonyl (C=O) groups is 1. The summed E-state index contributed by atoms with van der Waals surface area (Å²) in [5.41, 5.74) is 0.201. The summed E-state index contributed by atoms with van der Waals surface area (Å²) in [6.07, 6.45) is 2.11. The molecule has 1 aliphatic heterocycles. The molecule has 0 aliphatic carbocycles. The van der Waals surface area contributed by atoms with Crippen molar-refractivity contribution in [2.75, 3.05) is 27.2 Å². The monoisotopic (exact) mass is 265 g/mol. The number of carboxylic acids is 1. The van der Waals surface area contributed by atoms with Crippen LogP contribution in [0.4, 0.5) is 0 Å². The van der Waals surface area contributed by atoms with E-state index in [4.69, 9.17) is 14.6 Å². The molecule has 5 nitrogen and oxygen atoms in total. The Morgan fingerprint density at radius 3 is 2.58 bits per heavy atom. The number of ether oxygens (including phenoxy) is 2. The van der Waals surface area contributed by atoms with Gasteiger partial charge in [-0.2, -0.15) is 0 Å². The molecule has 0 unspecified atom stereocenters. The van der Waals surface area contributed by atoms with Crippen molar-refractivity contribution in [3.63, 3.8) is 0 Å². The van der Waals surface area contributed by atoms with Gasteiger partial charge in [0.2, 0.25) is 0 Å². The van der Waals surface area contributed by atoms with Crippen LogP contribution >= 0.6 is 0 Å². The minimum absolute atomic E-state index is 0.167. The van der Waals surface area contributed by atoms with Crippen LogP contribution in [0.1, 0.15) is 23.2 Å². The van der Waals surface area contributed by atoms with Crippen molar-refractivity contribution in [2.24, 2.45) is 0 Å². The molecule has 1 N–H and O–H groups in total. The lowest BCUT2D eigenvalue weighted by Gasteiger charge is -2.29. The van der Waals surface area contributed by atoms with E-state index in [-0.39, 0.29) is 11.7 Å². The highest BCUT2D eigenvalue weighted by Crippen LogP contribution is 2.30. The van der Waals surface area contributed by atoms with Crippen LogP contribution in [0.3, 0.4) is 0 Å². The maximum Gasteiger partial charge on any atom is 0.335 e. The van der Waals surface area contributed by atoms with E-state index < -0.39 is 5.97 Å². The van der Waals surface area contributed by atoms with E-state index in [1.807, 2.05) is 0 Å². The van der Waals surface area contributed by atoms with E-state index in [9.17, 15) is 4.79 Å². The molecule has 1 fully saturated rings. The lowest BCUT2D eigenvalue weighted by molar-refractivity contribution is 0.0696. The lowest BCUT2D eigenvalue weighted by Crippen LogP contribution is -2.35. The predicted octanol–water partition coefficient (Wildman–Crippen LogP) is 1.87. The van der Waals surface area contributed by atoms with E-state index in [1.54, 1.807) is 6.07 Å². The lowest BCUT2D eigenvalue weighted by atomic mass is 10.1. The van der Waals surface area contributed by atoms with Gasteiger partial charge in [-0.3, -0.25) is 0 Å². The normalized spacial score (nSPS) is 17.2. The summed E-state index contributed by atoms with van der Waals surface area (Å²) >= 11 is 0. The molecular weight excluding hydrogens is 246 g/mol. The van der Waals surface area contributed by atoms with Crippen LogP contribution in [0.25, 0.3) is 0 Å². The minimum Gasteiger partial charge on any atom is -0.493 e. The van der Waals surface area contributed by atoms with E-state index in [0.717, 1.165) is 25.9 Å². The molecule has 1 aliphatic rings. The highest BCUT2D eigenvalue weighted by Gasteiger charge is 2.20. The Morgan fingerprint density at radius 2 is 2.00 bits per heavy atom. The number of carboxylic acid groups (broad SMARTS) is 1. The molecule has 0 aromatic heterocycles. The maximum atomic E-state index is 10.9. The summed E-state index contributed by atoms with van der Waals surface area (Å²) in [6, 6.07) is 4.70. The molecule has 1 aromatic rings. The first kappa shape index (κ1) is 13.7. The van der Waals surface area contributed by atoms with E-state index in [0.29, 0.717) is 11.5 Å². The van der Waals surface area contributed by atoms with Gasteiger partial charge >= 0.3 is 5.97 Å². The summed E-state index contributed by atoms with van der Waals surface area (Å²) in [5.74, 6) is 0.116.